The van der Waals surface area contributed by atoms with Gasteiger partial charge in [-0.25, -0.2) is 0 Å². The smallest absolute Gasteiger partial charge is 0.243 e. The van der Waals surface area contributed by atoms with E-state index >= 15 is 0 Å². The Morgan fingerprint density at radius 1 is 1.22 bits per heavy atom. The van der Waals surface area contributed by atoms with Crippen LogP contribution in [0.5, 0.6) is 11.5 Å². The second-order valence-electron chi connectivity index (χ2n) is 5.11. The van der Waals surface area contributed by atoms with Crippen LogP contribution in [0.25, 0.3) is 0 Å². The number of methoxy groups -OCH3 is 2. The van der Waals surface area contributed by atoms with Crippen molar-refractivity contribution < 1.29 is 23.9 Å². The van der Waals surface area contributed by atoms with Crippen LogP contribution >= 0.6 is 0 Å². The summed E-state index contributed by atoms with van der Waals surface area (Å²) in [6.45, 7) is 1.50. The van der Waals surface area contributed by atoms with E-state index in [9.17, 15) is 14.4 Å². The van der Waals surface area contributed by atoms with Crippen molar-refractivity contribution in [2.24, 2.45) is 5.92 Å². The van der Waals surface area contributed by atoms with E-state index in [1.54, 1.807) is 18.2 Å². The third kappa shape index (κ3) is 3.71. The summed E-state index contributed by atoms with van der Waals surface area (Å²) in [4.78, 5) is 36.5. The quantitative estimate of drug-likeness (QED) is 0.774. The molecule has 0 bridgehead atoms. The number of carbonyl (C=O) groups excluding carboxylic acids is 3. The maximum absolute atomic E-state index is 12.2. The van der Waals surface area contributed by atoms with Gasteiger partial charge >= 0.3 is 0 Å². The number of hydrazine groups is 1. The second kappa shape index (κ2) is 6.99. The largest absolute Gasteiger partial charge is 0.497 e. The van der Waals surface area contributed by atoms with Crippen LogP contribution in [0.3, 0.4) is 0 Å². The van der Waals surface area contributed by atoms with E-state index in [1.165, 1.54) is 26.0 Å². The zero-order chi connectivity index (χ0) is 17.0. The number of amides is 3. The van der Waals surface area contributed by atoms with Crippen LogP contribution < -0.4 is 25.2 Å². The lowest BCUT2D eigenvalue weighted by molar-refractivity contribution is -0.130. The van der Waals surface area contributed by atoms with Gasteiger partial charge in [0.2, 0.25) is 17.7 Å². The Hall–Kier alpha value is -2.77. The molecule has 0 radical (unpaired) electrons. The molecule has 124 valence electrons. The van der Waals surface area contributed by atoms with Gasteiger partial charge in [0.25, 0.3) is 0 Å². The predicted molar refractivity (Wildman–Crippen MR) is 82.0 cm³/mol. The third-order valence-corrected chi connectivity index (χ3v) is 3.54. The summed E-state index contributed by atoms with van der Waals surface area (Å²) < 4.78 is 10.4. The number of hydrogen-bond acceptors (Lipinski definition) is 5. The monoisotopic (exact) mass is 321 g/mol. The Morgan fingerprint density at radius 3 is 2.57 bits per heavy atom. The molecule has 2 N–H and O–H groups in total. The number of nitrogens with zero attached hydrogens (tertiary/aromatic N) is 1. The molecule has 1 aromatic carbocycles. The first-order chi connectivity index (χ1) is 11.0. The van der Waals surface area contributed by atoms with Crippen molar-refractivity contribution in [2.75, 3.05) is 25.7 Å². The Kier molecular flexibility index (Phi) is 5.05. The standard InChI is InChI=1S/C15H19N3O5/c1-9(19)16-17-15(21)10-6-14(20)18(8-10)12-5-4-11(22-2)7-13(12)23-3/h4-5,7,10H,6,8H2,1-3H3,(H,16,19)(H,17,21). The SMILES string of the molecule is COc1ccc(N2CC(C(=O)NNC(C)=O)CC2=O)c(OC)c1. The van der Waals surface area contributed by atoms with Crippen LogP contribution in [0.4, 0.5) is 5.69 Å². The Balaban J connectivity index is 2.14. The van der Waals surface area contributed by atoms with Crippen molar-refractivity contribution in [2.45, 2.75) is 13.3 Å². The van der Waals surface area contributed by atoms with Crippen molar-refractivity contribution in [1.29, 1.82) is 0 Å². The molecule has 23 heavy (non-hydrogen) atoms. The molecule has 0 saturated carbocycles. The van der Waals surface area contributed by atoms with E-state index in [0.29, 0.717) is 17.2 Å². The van der Waals surface area contributed by atoms with Crippen molar-refractivity contribution in [3.05, 3.63) is 18.2 Å². The minimum atomic E-state index is -0.541. The number of nitrogens with one attached hydrogen (secondary N) is 2. The highest BCUT2D eigenvalue weighted by atomic mass is 16.5. The number of anilines is 1. The average Bonchev–Trinajstić information content (AvgIpc) is 2.93. The van der Waals surface area contributed by atoms with E-state index in [2.05, 4.69) is 10.9 Å². The van der Waals surface area contributed by atoms with Crippen LogP contribution in [0, 0.1) is 5.92 Å². The molecule has 0 spiro atoms. The van der Waals surface area contributed by atoms with Gasteiger partial charge in [-0.15, -0.1) is 0 Å². The zero-order valence-electron chi connectivity index (χ0n) is 13.2. The van der Waals surface area contributed by atoms with E-state index < -0.39 is 11.8 Å². The number of benzene rings is 1. The lowest BCUT2D eigenvalue weighted by Gasteiger charge is -2.20. The molecule has 3 amide bonds. The Morgan fingerprint density at radius 2 is 1.96 bits per heavy atom. The fourth-order valence-electron chi connectivity index (χ4n) is 2.38. The summed E-state index contributed by atoms with van der Waals surface area (Å²) in [5, 5.41) is 0. The molecule has 1 atom stereocenters. The van der Waals surface area contributed by atoms with Crippen molar-refractivity contribution in [3.8, 4) is 11.5 Å². The molecular formula is C15H19N3O5. The van der Waals surface area contributed by atoms with Crippen molar-refractivity contribution in [3.63, 3.8) is 0 Å². The second-order valence-corrected chi connectivity index (χ2v) is 5.11. The molecule has 2 rings (SSSR count). The van der Waals surface area contributed by atoms with Gasteiger partial charge < -0.3 is 14.4 Å². The summed E-state index contributed by atoms with van der Waals surface area (Å²) in [6, 6.07) is 5.10. The van der Waals surface area contributed by atoms with E-state index in [-0.39, 0.29) is 24.8 Å². The van der Waals surface area contributed by atoms with Crippen LogP contribution in [-0.4, -0.2) is 38.5 Å². The lowest BCUT2D eigenvalue weighted by atomic mass is 10.1. The summed E-state index contributed by atoms with van der Waals surface area (Å²) >= 11 is 0. The Labute approximate surface area is 133 Å². The first-order valence-corrected chi connectivity index (χ1v) is 7.05. The fourth-order valence-corrected chi connectivity index (χ4v) is 2.38. The molecule has 1 aromatic rings. The molecule has 1 aliphatic heterocycles. The van der Waals surface area contributed by atoms with Gasteiger partial charge in [0, 0.05) is 26.0 Å². The fraction of sp³-hybridized carbons (Fsp3) is 0.400. The van der Waals surface area contributed by atoms with E-state index in [0.717, 1.165) is 0 Å². The number of hydrogen-bond donors (Lipinski definition) is 2. The summed E-state index contributed by atoms with van der Waals surface area (Å²) in [5.74, 6) is -0.407. The molecule has 1 unspecified atom stereocenters. The molecule has 1 heterocycles. The molecule has 1 aliphatic rings. The first kappa shape index (κ1) is 16.6. The van der Waals surface area contributed by atoms with Crippen molar-refractivity contribution in [1.82, 2.24) is 10.9 Å². The normalized spacial score (nSPS) is 16.9. The summed E-state index contributed by atoms with van der Waals surface area (Å²) in [5.41, 5.74) is 5.09. The minimum absolute atomic E-state index is 0.0700. The molecule has 0 aliphatic carbocycles. The first-order valence-electron chi connectivity index (χ1n) is 7.05. The van der Waals surface area contributed by atoms with Gasteiger partial charge in [0.05, 0.1) is 25.8 Å². The van der Waals surface area contributed by atoms with Crippen molar-refractivity contribution >= 4 is 23.4 Å². The molecule has 0 aromatic heterocycles. The Bertz CT molecular complexity index is 632. The summed E-state index contributed by atoms with van der Waals surface area (Å²) in [6.07, 6.45) is 0.0700. The van der Waals surface area contributed by atoms with Crippen LogP contribution in [0.15, 0.2) is 18.2 Å². The molecular weight excluding hydrogens is 302 g/mol. The van der Waals surface area contributed by atoms with Gasteiger partial charge in [-0.3, -0.25) is 25.2 Å². The maximum atomic E-state index is 12.2. The molecule has 8 nitrogen and oxygen atoms in total. The van der Waals surface area contributed by atoms with Crippen LogP contribution in [-0.2, 0) is 14.4 Å². The molecule has 8 heteroatoms. The van der Waals surface area contributed by atoms with Gasteiger partial charge in [0.15, 0.2) is 0 Å². The van der Waals surface area contributed by atoms with Gasteiger partial charge in [-0.1, -0.05) is 0 Å². The minimum Gasteiger partial charge on any atom is -0.497 e. The number of ether oxygens (including phenoxy) is 2. The zero-order valence-corrected chi connectivity index (χ0v) is 13.2. The summed E-state index contributed by atoms with van der Waals surface area (Å²) in [7, 11) is 3.04. The van der Waals surface area contributed by atoms with Gasteiger partial charge in [-0.05, 0) is 12.1 Å². The van der Waals surface area contributed by atoms with Crippen LogP contribution in [0.1, 0.15) is 13.3 Å². The third-order valence-electron chi connectivity index (χ3n) is 3.54. The van der Waals surface area contributed by atoms with Gasteiger partial charge in [-0.2, -0.15) is 0 Å². The highest BCUT2D eigenvalue weighted by molar-refractivity contribution is 6.01. The van der Waals surface area contributed by atoms with E-state index in [1.807, 2.05) is 0 Å². The van der Waals surface area contributed by atoms with Gasteiger partial charge in [0.1, 0.15) is 11.5 Å². The average molecular weight is 321 g/mol. The van der Waals surface area contributed by atoms with Crippen LogP contribution in [0.2, 0.25) is 0 Å². The highest BCUT2D eigenvalue weighted by Gasteiger charge is 2.36. The number of carbonyl (C=O) groups is 3. The molecule has 1 fully saturated rings. The lowest BCUT2D eigenvalue weighted by Crippen LogP contribution is -2.44. The number of rotatable bonds is 4. The molecule has 1 saturated heterocycles. The van der Waals surface area contributed by atoms with E-state index in [4.69, 9.17) is 9.47 Å². The predicted octanol–water partition coefficient (Wildman–Crippen LogP) is 0.224. The highest BCUT2D eigenvalue weighted by Crippen LogP contribution is 2.35. The maximum Gasteiger partial charge on any atom is 0.243 e. The topological polar surface area (TPSA) is 97.0 Å².